The third-order valence-electron chi connectivity index (χ3n) is 2.29. The predicted octanol–water partition coefficient (Wildman–Crippen LogP) is 2.15. The molecule has 0 saturated carbocycles. The molecule has 1 aromatic heterocycles. The van der Waals surface area contributed by atoms with E-state index < -0.39 is 0 Å². The standard InChI is InChI=1S/C12H9IN4O/c1-17-7-9(6-14)11(16-17)15-12(18)8-2-4-10(13)5-3-8/h2-5,7H,1H3,(H,15,16,18). The first-order valence-corrected chi connectivity index (χ1v) is 6.18. The zero-order chi connectivity index (χ0) is 13.1. The summed E-state index contributed by atoms with van der Waals surface area (Å²) in [6, 6.07) is 9.13. The van der Waals surface area contributed by atoms with Gasteiger partial charge in [0, 0.05) is 22.4 Å². The van der Waals surface area contributed by atoms with Crippen LogP contribution in [-0.4, -0.2) is 15.7 Å². The highest BCUT2D eigenvalue weighted by molar-refractivity contribution is 14.1. The van der Waals surface area contributed by atoms with Gasteiger partial charge in [0.2, 0.25) is 0 Å². The van der Waals surface area contributed by atoms with Gasteiger partial charge < -0.3 is 5.32 Å². The first-order chi connectivity index (χ1) is 8.60. The second-order valence-corrected chi connectivity index (χ2v) is 4.88. The van der Waals surface area contributed by atoms with Crippen LogP contribution in [0.3, 0.4) is 0 Å². The molecular formula is C12H9IN4O. The van der Waals surface area contributed by atoms with Crippen LogP contribution in [-0.2, 0) is 7.05 Å². The monoisotopic (exact) mass is 352 g/mol. The highest BCUT2D eigenvalue weighted by Gasteiger charge is 2.12. The maximum atomic E-state index is 11.9. The van der Waals surface area contributed by atoms with E-state index in [0.29, 0.717) is 11.1 Å². The van der Waals surface area contributed by atoms with Gasteiger partial charge in [-0.3, -0.25) is 9.48 Å². The normalized spacial score (nSPS) is 9.83. The summed E-state index contributed by atoms with van der Waals surface area (Å²) in [5, 5.41) is 15.5. The number of hydrogen-bond acceptors (Lipinski definition) is 3. The molecular weight excluding hydrogens is 343 g/mol. The molecule has 1 heterocycles. The fraction of sp³-hybridized carbons (Fsp3) is 0.0833. The number of carbonyl (C=O) groups is 1. The van der Waals surface area contributed by atoms with Crippen molar-refractivity contribution >= 4 is 34.3 Å². The predicted molar refractivity (Wildman–Crippen MR) is 75.0 cm³/mol. The van der Waals surface area contributed by atoms with Gasteiger partial charge >= 0.3 is 0 Å². The van der Waals surface area contributed by atoms with E-state index in [1.165, 1.54) is 4.68 Å². The number of halogens is 1. The smallest absolute Gasteiger partial charge is 0.256 e. The SMILES string of the molecule is Cn1cc(C#N)c(NC(=O)c2ccc(I)cc2)n1. The number of anilines is 1. The molecule has 2 aromatic rings. The van der Waals surface area contributed by atoms with Crippen LogP contribution in [0.1, 0.15) is 15.9 Å². The lowest BCUT2D eigenvalue weighted by atomic mass is 10.2. The van der Waals surface area contributed by atoms with Crippen molar-refractivity contribution in [1.29, 1.82) is 5.26 Å². The molecule has 0 aliphatic heterocycles. The molecule has 0 unspecified atom stereocenters. The molecule has 0 spiro atoms. The van der Waals surface area contributed by atoms with Gasteiger partial charge in [0.15, 0.2) is 5.82 Å². The van der Waals surface area contributed by atoms with Gasteiger partial charge in [0.05, 0.1) is 0 Å². The third kappa shape index (κ3) is 2.68. The average Bonchev–Trinajstić information content (AvgIpc) is 2.70. The molecule has 0 atom stereocenters. The topological polar surface area (TPSA) is 70.7 Å². The van der Waals surface area contributed by atoms with E-state index in [9.17, 15) is 4.79 Å². The minimum Gasteiger partial charge on any atom is -0.304 e. The highest BCUT2D eigenvalue weighted by atomic mass is 127. The van der Waals surface area contributed by atoms with Gasteiger partial charge in [-0.05, 0) is 46.9 Å². The van der Waals surface area contributed by atoms with Crippen molar-refractivity contribution in [2.75, 3.05) is 5.32 Å². The Balaban J connectivity index is 2.21. The Morgan fingerprint density at radius 3 is 2.72 bits per heavy atom. The lowest BCUT2D eigenvalue weighted by molar-refractivity contribution is 0.102. The second kappa shape index (κ2) is 5.18. The lowest BCUT2D eigenvalue weighted by Crippen LogP contribution is -2.13. The van der Waals surface area contributed by atoms with Gasteiger partial charge in [-0.15, -0.1) is 0 Å². The molecule has 1 amide bonds. The zero-order valence-corrected chi connectivity index (χ0v) is 11.7. The number of nitriles is 1. The quantitative estimate of drug-likeness (QED) is 0.842. The summed E-state index contributed by atoms with van der Waals surface area (Å²) in [5.41, 5.74) is 0.876. The maximum Gasteiger partial charge on any atom is 0.256 e. The summed E-state index contributed by atoms with van der Waals surface area (Å²) >= 11 is 2.17. The molecule has 90 valence electrons. The Labute approximate surface area is 118 Å². The van der Waals surface area contributed by atoms with E-state index >= 15 is 0 Å². The van der Waals surface area contributed by atoms with Crippen molar-refractivity contribution in [3.05, 3.63) is 45.2 Å². The first-order valence-electron chi connectivity index (χ1n) is 5.11. The van der Waals surface area contributed by atoms with Crippen LogP contribution in [0, 0.1) is 14.9 Å². The molecule has 0 aliphatic carbocycles. The Kier molecular flexibility index (Phi) is 3.62. The minimum atomic E-state index is -0.276. The van der Waals surface area contributed by atoms with Crippen molar-refractivity contribution in [2.24, 2.45) is 7.05 Å². The van der Waals surface area contributed by atoms with Crippen molar-refractivity contribution < 1.29 is 4.79 Å². The van der Waals surface area contributed by atoms with Crippen LogP contribution in [0.25, 0.3) is 0 Å². The Morgan fingerprint density at radius 1 is 1.44 bits per heavy atom. The lowest BCUT2D eigenvalue weighted by Gasteiger charge is -2.02. The summed E-state index contributed by atoms with van der Waals surface area (Å²) in [4.78, 5) is 11.9. The largest absolute Gasteiger partial charge is 0.304 e. The van der Waals surface area contributed by atoms with Crippen molar-refractivity contribution in [2.45, 2.75) is 0 Å². The number of benzene rings is 1. The van der Waals surface area contributed by atoms with Crippen LogP contribution < -0.4 is 5.32 Å². The molecule has 5 nitrogen and oxygen atoms in total. The molecule has 6 heteroatoms. The summed E-state index contributed by atoms with van der Waals surface area (Å²) < 4.78 is 2.54. The average molecular weight is 352 g/mol. The molecule has 0 fully saturated rings. The molecule has 0 aliphatic rings. The van der Waals surface area contributed by atoms with Gasteiger partial charge in [-0.25, -0.2) is 0 Å². The van der Waals surface area contributed by atoms with Crippen LogP contribution in [0.2, 0.25) is 0 Å². The number of rotatable bonds is 2. The van der Waals surface area contributed by atoms with Crippen molar-refractivity contribution in [3.63, 3.8) is 0 Å². The van der Waals surface area contributed by atoms with E-state index in [1.54, 1.807) is 25.4 Å². The Bertz CT molecular complexity index is 625. The maximum absolute atomic E-state index is 11.9. The van der Waals surface area contributed by atoms with E-state index in [2.05, 4.69) is 33.0 Å². The molecule has 2 rings (SSSR count). The van der Waals surface area contributed by atoms with E-state index in [1.807, 2.05) is 18.2 Å². The van der Waals surface area contributed by atoms with Crippen LogP contribution >= 0.6 is 22.6 Å². The third-order valence-corrected chi connectivity index (χ3v) is 3.01. The first kappa shape index (κ1) is 12.6. The molecule has 18 heavy (non-hydrogen) atoms. The van der Waals surface area contributed by atoms with Gasteiger partial charge in [-0.1, -0.05) is 0 Å². The van der Waals surface area contributed by atoms with Crippen molar-refractivity contribution in [1.82, 2.24) is 9.78 Å². The number of aryl methyl sites for hydroxylation is 1. The molecule has 0 bridgehead atoms. The number of amides is 1. The summed E-state index contributed by atoms with van der Waals surface area (Å²) in [6.07, 6.45) is 1.56. The fourth-order valence-electron chi connectivity index (χ4n) is 1.44. The number of nitrogens with one attached hydrogen (secondary N) is 1. The van der Waals surface area contributed by atoms with E-state index in [4.69, 9.17) is 5.26 Å². The molecule has 1 aromatic carbocycles. The minimum absolute atomic E-state index is 0.276. The van der Waals surface area contributed by atoms with Crippen molar-refractivity contribution in [3.8, 4) is 6.07 Å². The number of carbonyl (C=O) groups excluding carboxylic acids is 1. The van der Waals surface area contributed by atoms with Gasteiger partial charge in [-0.2, -0.15) is 10.4 Å². The Morgan fingerprint density at radius 2 is 2.11 bits per heavy atom. The summed E-state index contributed by atoms with van der Waals surface area (Å²) in [7, 11) is 1.70. The summed E-state index contributed by atoms with van der Waals surface area (Å²) in [6.45, 7) is 0. The number of aromatic nitrogens is 2. The Hall–Kier alpha value is -1.88. The van der Waals surface area contributed by atoms with E-state index in [-0.39, 0.29) is 11.7 Å². The van der Waals surface area contributed by atoms with Crippen LogP contribution in [0.4, 0.5) is 5.82 Å². The number of hydrogen-bond donors (Lipinski definition) is 1. The molecule has 1 N–H and O–H groups in total. The van der Waals surface area contributed by atoms with E-state index in [0.717, 1.165) is 3.57 Å². The second-order valence-electron chi connectivity index (χ2n) is 3.64. The van der Waals surface area contributed by atoms with Gasteiger partial charge in [0.1, 0.15) is 11.6 Å². The molecule has 0 radical (unpaired) electrons. The fourth-order valence-corrected chi connectivity index (χ4v) is 1.80. The van der Waals surface area contributed by atoms with Crippen LogP contribution in [0.15, 0.2) is 30.5 Å². The summed E-state index contributed by atoms with van der Waals surface area (Å²) in [5.74, 6) is 0.00477. The number of nitrogens with zero attached hydrogens (tertiary/aromatic N) is 3. The van der Waals surface area contributed by atoms with Crippen LogP contribution in [0.5, 0.6) is 0 Å². The highest BCUT2D eigenvalue weighted by Crippen LogP contribution is 2.13. The molecule has 0 saturated heterocycles. The van der Waals surface area contributed by atoms with Gasteiger partial charge in [0.25, 0.3) is 5.91 Å². The zero-order valence-electron chi connectivity index (χ0n) is 9.51.